The highest BCUT2D eigenvalue weighted by atomic mass is 16.3. The molecule has 1 aromatic carbocycles. The number of rotatable bonds is 5. The van der Waals surface area contributed by atoms with Crippen molar-refractivity contribution >= 4 is 16.7 Å². The zero-order chi connectivity index (χ0) is 18.8. The number of aromatic nitrogens is 3. The molecule has 1 aliphatic rings. The number of aliphatic hydroxyl groups excluding tert-OH is 1. The maximum atomic E-state index is 10.6. The summed E-state index contributed by atoms with van der Waals surface area (Å²) in [5, 5.41) is 11.8. The van der Waals surface area contributed by atoms with Gasteiger partial charge in [0.1, 0.15) is 11.6 Å². The van der Waals surface area contributed by atoms with Crippen LogP contribution in [0.25, 0.3) is 10.9 Å². The van der Waals surface area contributed by atoms with E-state index in [1.54, 1.807) is 0 Å². The second kappa shape index (κ2) is 7.61. The number of pyridine rings is 1. The molecular formula is C22H26N4O. The molecule has 0 radical (unpaired) electrons. The fourth-order valence-corrected chi connectivity index (χ4v) is 3.84. The molecule has 0 saturated carbocycles. The van der Waals surface area contributed by atoms with E-state index in [1.165, 1.54) is 0 Å². The van der Waals surface area contributed by atoms with Crippen LogP contribution in [0.2, 0.25) is 0 Å². The second-order valence-electron chi connectivity index (χ2n) is 7.47. The highest BCUT2D eigenvalue weighted by Gasteiger charge is 2.32. The van der Waals surface area contributed by atoms with Gasteiger partial charge in [0.15, 0.2) is 0 Å². The predicted molar refractivity (Wildman–Crippen MR) is 108 cm³/mol. The Hall–Kier alpha value is -2.53. The Balaban J connectivity index is 1.51. The third-order valence-corrected chi connectivity index (χ3v) is 5.22. The van der Waals surface area contributed by atoms with Crippen LogP contribution in [0.3, 0.4) is 0 Å². The van der Waals surface area contributed by atoms with Crippen molar-refractivity contribution in [2.24, 2.45) is 5.92 Å². The Labute approximate surface area is 160 Å². The standard InChI is InChI=1S/C22H26N4O/c1-3-6-21-23-15(2)11-22(25-21)26-13-17(20(27)14-26)12-18-10-9-16-7-4-5-8-19(16)24-18/h4-5,7-11,17,20,27H,3,6,12-14H2,1-2H3. The Bertz CT molecular complexity index is 942. The number of anilines is 1. The number of aliphatic hydroxyl groups is 1. The number of hydrogen-bond donors (Lipinski definition) is 1. The van der Waals surface area contributed by atoms with Gasteiger partial charge in [0.2, 0.25) is 0 Å². The molecule has 3 aromatic rings. The Morgan fingerprint density at radius 1 is 1.07 bits per heavy atom. The maximum Gasteiger partial charge on any atom is 0.132 e. The van der Waals surface area contributed by atoms with E-state index in [2.05, 4.69) is 35.0 Å². The number of para-hydroxylation sites is 1. The van der Waals surface area contributed by atoms with Crippen LogP contribution in [-0.2, 0) is 12.8 Å². The molecule has 0 amide bonds. The summed E-state index contributed by atoms with van der Waals surface area (Å²) in [6.07, 6.45) is 2.31. The van der Waals surface area contributed by atoms with Crippen molar-refractivity contribution in [3.05, 3.63) is 59.7 Å². The minimum atomic E-state index is -0.372. The lowest BCUT2D eigenvalue weighted by atomic mass is 9.99. The molecule has 4 rings (SSSR count). The van der Waals surface area contributed by atoms with Gasteiger partial charge in [-0.2, -0.15) is 0 Å². The van der Waals surface area contributed by atoms with Crippen molar-refractivity contribution in [3.8, 4) is 0 Å². The number of hydrogen-bond acceptors (Lipinski definition) is 5. The van der Waals surface area contributed by atoms with Crippen LogP contribution in [-0.4, -0.2) is 39.3 Å². The first-order valence-electron chi connectivity index (χ1n) is 9.74. The average molecular weight is 362 g/mol. The van der Waals surface area contributed by atoms with Crippen LogP contribution in [0.1, 0.15) is 30.6 Å². The molecule has 0 bridgehead atoms. The van der Waals surface area contributed by atoms with Crippen LogP contribution in [0.4, 0.5) is 5.82 Å². The van der Waals surface area contributed by atoms with Crippen molar-refractivity contribution in [1.82, 2.24) is 15.0 Å². The predicted octanol–water partition coefficient (Wildman–Crippen LogP) is 3.33. The van der Waals surface area contributed by atoms with Crippen LogP contribution < -0.4 is 4.90 Å². The summed E-state index contributed by atoms with van der Waals surface area (Å²) in [4.78, 5) is 16.2. The minimum absolute atomic E-state index is 0.156. The van der Waals surface area contributed by atoms with Crippen molar-refractivity contribution in [1.29, 1.82) is 0 Å². The largest absolute Gasteiger partial charge is 0.391 e. The van der Waals surface area contributed by atoms with Gasteiger partial charge in [-0.3, -0.25) is 4.98 Å². The van der Waals surface area contributed by atoms with Crippen LogP contribution >= 0.6 is 0 Å². The molecule has 2 aromatic heterocycles. The third kappa shape index (κ3) is 3.93. The zero-order valence-electron chi connectivity index (χ0n) is 16.0. The summed E-state index contributed by atoms with van der Waals surface area (Å²) in [5.41, 5.74) is 3.03. The highest BCUT2D eigenvalue weighted by molar-refractivity contribution is 5.78. The van der Waals surface area contributed by atoms with Crippen molar-refractivity contribution in [2.45, 2.75) is 39.2 Å². The van der Waals surface area contributed by atoms with Gasteiger partial charge in [-0.15, -0.1) is 0 Å². The summed E-state index contributed by atoms with van der Waals surface area (Å²) in [6, 6.07) is 14.4. The fraction of sp³-hybridized carbons (Fsp3) is 0.409. The van der Waals surface area contributed by atoms with E-state index < -0.39 is 0 Å². The van der Waals surface area contributed by atoms with E-state index in [-0.39, 0.29) is 12.0 Å². The molecule has 5 heteroatoms. The SMILES string of the molecule is CCCc1nc(C)cc(N2CC(O)C(Cc3ccc4ccccc4n3)C2)n1. The van der Waals surface area contributed by atoms with Gasteiger partial charge in [0, 0.05) is 48.3 Å². The first-order chi connectivity index (χ1) is 13.1. The number of fused-ring (bicyclic) bond motifs is 1. The van der Waals surface area contributed by atoms with Crippen LogP contribution in [0.5, 0.6) is 0 Å². The van der Waals surface area contributed by atoms with Gasteiger partial charge >= 0.3 is 0 Å². The molecule has 27 heavy (non-hydrogen) atoms. The Morgan fingerprint density at radius 2 is 1.93 bits per heavy atom. The Morgan fingerprint density at radius 3 is 2.78 bits per heavy atom. The van der Waals surface area contributed by atoms with Gasteiger partial charge in [-0.25, -0.2) is 9.97 Å². The molecule has 5 nitrogen and oxygen atoms in total. The smallest absolute Gasteiger partial charge is 0.132 e. The molecular weight excluding hydrogens is 336 g/mol. The normalized spacial score (nSPS) is 19.7. The topological polar surface area (TPSA) is 62.1 Å². The van der Waals surface area contributed by atoms with Crippen molar-refractivity contribution in [2.75, 3.05) is 18.0 Å². The monoisotopic (exact) mass is 362 g/mol. The summed E-state index contributed by atoms with van der Waals surface area (Å²) in [6.45, 7) is 5.54. The summed E-state index contributed by atoms with van der Waals surface area (Å²) in [7, 11) is 0. The van der Waals surface area contributed by atoms with E-state index in [4.69, 9.17) is 9.97 Å². The molecule has 1 aliphatic heterocycles. The molecule has 1 saturated heterocycles. The lowest BCUT2D eigenvalue weighted by molar-refractivity contribution is 0.148. The molecule has 0 spiro atoms. The van der Waals surface area contributed by atoms with Crippen LogP contribution in [0.15, 0.2) is 42.5 Å². The third-order valence-electron chi connectivity index (χ3n) is 5.22. The van der Waals surface area contributed by atoms with Gasteiger partial charge in [0.05, 0.1) is 11.6 Å². The van der Waals surface area contributed by atoms with Gasteiger partial charge in [-0.1, -0.05) is 31.2 Å². The van der Waals surface area contributed by atoms with E-state index in [0.717, 1.165) is 59.7 Å². The molecule has 2 atom stereocenters. The first kappa shape index (κ1) is 17.9. The number of benzene rings is 1. The quantitative estimate of drug-likeness (QED) is 0.754. The van der Waals surface area contributed by atoms with E-state index in [0.29, 0.717) is 6.54 Å². The van der Waals surface area contributed by atoms with E-state index in [1.807, 2.05) is 31.2 Å². The summed E-state index contributed by atoms with van der Waals surface area (Å²) in [5.74, 6) is 1.98. The molecule has 2 unspecified atom stereocenters. The van der Waals surface area contributed by atoms with Gasteiger partial charge < -0.3 is 10.0 Å². The van der Waals surface area contributed by atoms with Gasteiger partial charge in [-0.05, 0) is 31.9 Å². The minimum Gasteiger partial charge on any atom is -0.391 e. The molecule has 3 heterocycles. The van der Waals surface area contributed by atoms with E-state index in [9.17, 15) is 5.11 Å². The summed E-state index contributed by atoms with van der Waals surface area (Å²) < 4.78 is 0. The van der Waals surface area contributed by atoms with Gasteiger partial charge in [0.25, 0.3) is 0 Å². The molecule has 0 aliphatic carbocycles. The number of aryl methyl sites for hydroxylation is 2. The van der Waals surface area contributed by atoms with E-state index >= 15 is 0 Å². The van der Waals surface area contributed by atoms with Crippen molar-refractivity contribution in [3.63, 3.8) is 0 Å². The maximum absolute atomic E-state index is 10.6. The highest BCUT2D eigenvalue weighted by Crippen LogP contribution is 2.26. The zero-order valence-corrected chi connectivity index (χ0v) is 16.0. The van der Waals surface area contributed by atoms with Crippen LogP contribution in [0, 0.1) is 12.8 Å². The fourth-order valence-electron chi connectivity index (χ4n) is 3.84. The Kier molecular flexibility index (Phi) is 5.03. The second-order valence-corrected chi connectivity index (χ2v) is 7.47. The number of β-amino-alcohol motifs (C(OH)–C–C–N with tert-alkyl or cyclic N) is 1. The first-order valence-corrected chi connectivity index (χ1v) is 9.74. The molecule has 1 fully saturated rings. The molecule has 140 valence electrons. The number of nitrogens with zero attached hydrogens (tertiary/aromatic N) is 4. The molecule has 1 N–H and O–H groups in total. The average Bonchev–Trinajstić information content (AvgIpc) is 3.02. The lowest BCUT2D eigenvalue weighted by Gasteiger charge is -2.18. The summed E-state index contributed by atoms with van der Waals surface area (Å²) >= 11 is 0. The lowest BCUT2D eigenvalue weighted by Crippen LogP contribution is -2.23. The van der Waals surface area contributed by atoms with Crippen molar-refractivity contribution < 1.29 is 5.11 Å².